The largest absolute Gasteiger partial charge is 0.491 e. The third kappa shape index (κ3) is 5.13. The van der Waals surface area contributed by atoms with Gasteiger partial charge in [-0.3, -0.25) is 0 Å². The highest BCUT2D eigenvalue weighted by atomic mass is 16.5. The van der Waals surface area contributed by atoms with E-state index in [1.807, 2.05) is 75.4 Å². The molecule has 2 aromatic carbocycles. The van der Waals surface area contributed by atoms with Crippen molar-refractivity contribution in [2.24, 2.45) is 0 Å². The number of ether oxygens (including phenoxy) is 1. The van der Waals surface area contributed by atoms with Crippen molar-refractivity contribution in [2.45, 2.75) is 26.9 Å². The number of allylic oxidation sites excluding steroid dienone is 2. The monoisotopic (exact) mass is 322 g/mol. The van der Waals surface area contributed by atoms with Gasteiger partial charge in [-0.25, -0.2) is 4.79 Å². The molecule has 3 nitrogen and oxygen atoms in total. The van der Waals surface area contributed by atoms with Gasteiger partial charge >= 0.3 is 5.97 Å². The average molecular weight is 322 g/mol. The summed E-state index contributed by atoms with van der Waals surface area (Å²) in [7, 11) is 0. The lowest BCUT2D eigenvalue weighted by atomic mass is 9.96. The zero-order valence-corrected chi connectivity index (χ0v) is 14.2. The number of hydrogen-bond acceptors (Lipinski definition) is 2. The van der Waals surface area contributed by atoms with Crippen molar-refractivity contribution in [3.05, 3.63) is 83.4 Å². The lowest BCUT2D eigenvalue weighted by Crippen LogP contribution is -2.05. The van der Waals surface area contributed by atoms with Gasteiger partial charge in [0.25, 0.3) is 0 Å². The summed E-state index contributed by atoms with van der Waals surface area (Å²) in [6.07, 6.45) is 4.62. The normalized spacial score (nSPS) is 11.9. The zero-order valence-electron chi connectivity index (χ0n) is 14.2. The number of rotatable bonds is 6. The van der Waals surface area contributed by atoms with E-state index in [9.17, 15) is 4.79 Å². The first kappa shape index (κ1) is 17.5. The molecule has 2 aromatic rings. The smallest absolute Gasteiger partial charge is 0.328 e. The van der Waals surface area contributed by atoms with Crippen LogP contribution in [0.1, 0.15) is 30.5 Å². The number of carbonyl (C=O) groups is 1. The van der Waals surface area contributed by atoms with E-state index in [-0.39, 0.29) is 6.10 Å². The van der Waals surface area contributed by atoms with E-state index >= 15 is 0 Å². The van der Waals surface area contributed by atoms with Gasteiger partial charge in [-0.1, -0.05) is 54.1 Å². The van der Waals surface area contributed by atoms with Crippen molar-refractivity contribution < 1.29 is 14.6 Å². The average Bonchev–Trinajstić information content (AvgIpc) is 2.53. The van der Waals surface area contributed by atoms with Crippen LogP contribution >= 0.6 is 0 Å². The van der Waals surface area contributed by atoms with E-state index in [1.165, 1.54) is 5.56 Å². The fourth-order valence-electron chi connectivity index (χ4n) is 2.30. The van der Waals surface area contributed by atoms with Gasteiger partial charge in [-0.05, 0) is 49.6 Å². The molecule has 0 aliphatic carbocycles. The Morgan fingerprint density at radius 1 is 1.00 bits per heavy atom. The first-order valence-corrected chi connectivity index (χ1v) is 7.91. The molecule has 0 aromatic heterocycles. The predicted molar refractivity (Wildman–Crippen MR) is 97.2 cm³/mol. The minimum Gasteiger partial charge on any atom is -0.491 e. The molecule has 0 amide bonds. The summed E-state index contributed by atoms with van der Waals surface area (Å²) in [6, 6.07) is 16.0. The SMILES string of the molecule is Cc1ccc(/C(=C/C=C/C(=O)O)c2ccc(OC(C)C)cc2)cc1. The van der Waals surface area contributed by atoms with Gasteiger partial charge in [-0.15, -0.1) is 0 Å². The highest BCUT2D eigenvalue weighted by Crippen LogP contribution is 2.26. The van der Waals surface area contributed by atoms with Gasteiger partial charge in [0.15, 0.2) is 0 Å². The number of carboxylic acid groups (broad SMARTS) is 1. The summed E-state index contributed by atoms with van der Waals surface area (Å²) in [5.74, 6) is -0.145. The molecule has 0 atom stereocenters. The Morgan fingerprint density at radius 3 is 2.04 bits per heavy atom. The Balaban J connectivity index is 2.38. The molecule has 0 heterocycles. The molecule has 0 saturated heterocycles. The van der Waals surface area contributed by atoms with Crippen molar-refractivity contribution in [1.82, 2.24) is 0 Å². The molecular formula is C21H22O3. The lowest BCUT2D eigenvalue weighted by Gasteiger charge is -2.12. The van der Waals surface area contributed by atoms with Crippen LogP contribution in [0.5, 0.6) is 5.75 Å². The van der Waals surface area contributed by atoms with Gasteiger partial charge in [0.05, 0.1) is 6.10 Å². The van der Waals surface area contributed by atoms with Crippen LogP contribution in [0.15, 0.2) is 66.8 Å². The van der Waals surface area contributed by atoms with Crippen molar-refractivity contribution in [2.75, 3.05) is 0 Å². The van der Waals surface area contributed by atoms with Gasteiger partial charge < -0.3 is 9.84 Å². The Hall–Kier alpha value is -2.81. The van der Waals surface area contributed by atoms with E-state index in [1.54, 1.807) is 6.08 Å². The Morgan fingerprint density at radius 2 is 1.54 bits per heavy atom. The first-order valence-electron chi connectivity index (χ1n) is 7.91. The Bertz CT molecular complexity index is 736. The molecule has 0 saturated carbocycles. The number of hydrogen-bond donors (Lipinski definition) is 1. The molecule has 124 valence electrons. The third-order valence-corrected chi connectivity index (χ3v) is 3.40. The number of benzene rings is 2. The van der Waals surface area contributed by atoms with Crippen LogP contribution in [0.2, 0.25) is 0 Å². The second-order valence-electron chi connectivity index (χ2n) is 5.83. The lowest BCUT2D eigenvalue weighted by molar-refractivity contribution is -0.131. The molecule has 0 fully saturated rings. The van der Waals surface area contributed by atoms with Crippen LogP contribution in [0, 0.1) is 6.92 Å². The summed E-state index contributed by atoms with van der Waals surface area (Å²) in [4.78, 5) is 10.7. The Labute approximate surface area is 142 Å². The van der Waals surface area contributed by atoms with E-state index in [2.05, 4.69) is 0 Å². The molecule has 1 N–H and O–H groups in total. The summed E-state index contributed by atoms with van der Waals surface area (Å²) < 4.78 is 5.67. The molecule has 0 aliphatic heterocycles. The van der Waals surface area contributed by atoms with E-state index in [4.69, 9.17) is 9.84 Å². The van der Waals surface area contributed by atoms with Gasteiger partial charge in [0, 0.05) is 6.08 Å². The second kappa shape index (κ2) is 8.16. The van der Waals surface area contributed by atoms with Crippen LogP contribution in [0.3, 0.4) is 0 Å². The minimum absolute atomic E-state index is 0.126. The van der Waals surface area contributed by atoms with Crippen LogP contribution in [0.4, 0.5) is 0 Å². The van der Waals surface area contributed by atoms with Gasteiger partial charge in [0.2, 0.25) is 0 Å². The summed E-state index contributed by atoms with van der Waals surface area (Å²) in [5.41, 5.74) is 4.18. The molecular weight excluding hydrogens is 300 g/mol. The maximum Gasteiger partial charge on any atom is 0.328 e. The molecule has 0 spiro atoms. The molecule has 2 rings (SSSR count). The summed E-state index contributed by atoms with van der Waals surface area (Å²) >= 11 is 0. The summed E-state index contributed by atoms with van der Waals surface area (Å²) in [5, 5.41) is 8.79. The molecule has 0 radical (unpaired) electrons. The number of carboxylic acids is 1. The molecule has 0 bridgehead atoms. The van der Waals surface area contributed by atoms with Gasteiger partial charge in [-0.2, -0.15) is 0 Å². The van der Waals surface area contributed by atoms with Gasteiger partial charge in [0.1, 0.15) is 5.75 Å². The van der Waals surface area contributed by atoms with Crippen LogP contribution < -0.4 is 4.74 Å². The van der Waals surface area contributed by atoms with Crippen molar-refractivity contribution >= 4 is 11.5 Å². The first-order chi connectivity index (χ1) is 11.5. The fraction of sp³-hybridized carbons (Fsp3) is 0.190. The maximum absolute atomic E-state index is 10.7. The van der Waals surface area contributed by atoms with Crippen molar-refractivity contribution in [3.63, 3.8) is 0 Å². The molecule has 0 aliphatic rings. The second-order valence-corrected chi connectivity index (χ2v) is 5.83. The topological polar surface area (TPSA) is 46.5 Å². The van der Waals surface area contributed by atoms with E-state index in [0.29, 0.717) is 0 Å². The van der Waals surface area contributed by atoms with E-state index in [0.717, 1.165) is 28.5 Å². The number of aryl methyl sites for hydroxylation is 1. The third-order valence-electron chi connectivity index (χ3n) is 3.40. The standard InChI is InChI=1S/C21H22O3/c1-15(2)24-19-13-11-18(12-14-19)20(5-4-6-21(22)23)17-9-7-16(3)8-10-17/h4-15H,1-3H3,(H,22,23)/b6-4+,20-5-. The van der Waals surface area contributed by atoms with Crippen molar-refractivity contribution in [3.8, 4) is 5.75 Å². The fourth-order valence-corrected chi connectivity index (χ4v) is 2.30. The van der Waals surface area contributed by atoms with Crippen LogP contribution in [0.25, 0.3) is 5.57 Å². The van der Waals surface area contributed by atoms with Crippen LogP contribution in [-0.4, -0.2) is 17.2 Å². The molecule has 3 heteroatoms. The molecule has 0 unspecified atom stereocenters. The molecule has 24 heavy (non-hydrogen) atoms. The summed E-state index contributed by atoms with van der Waals surface area (Å²) in [6.45, 7) is 6.01. The predicted octanol–water partition coefficient (Wildman–Crippen LogP) is 4.85. The highest BCUT2D eigenvalue weighted by molar-refractivity contribution is 5.84. The number of aliphatic carboxylic acids is 1. The quantitative estimate of drug-likeness (QED) is 0.610. The Kier molecular flexibility index (Phi) is 5.96. The van der Waals surface area contributed by atoms with Crippen LogP contribution in [-0.2, 0) is 4.79 Å². The minimum atomic E-state index is -0.963. The maximum atomic E-state index is 10.7. The van der Waals surface area contributed by atoms with E-state index < -0.39 is 5.97 Å². The zero-order chi connectivity index (χ0) is 17.5. The highest BCUT2D eigenvalue weighted by Gasteiger charge is 2.06. The van der Waals surface area contributed by atoms with Crippen molar-refractivity contribution in [1.29, 1.82) is 0 Å².